The molecular weight excluding hydrogens is 314 g/mol. The summed E-state index contributed by atoms with van der Waals surface area (Å²) in [7, 11) is 0. The lowest BCUT2D eigenvalue weighted by Crippen LogP contribution is -1.94. The van der Waals surface area contributed by atoms with Crippen molar-refractivity contribution >= 4 is 39.1 Å². The molecule has 1 heterocycles. The number of carbonyl (C=O) groups is 1. The van der Waals surface area contributed by atoms with Gasteiger partial charge in [0.25, 0.3) is 0 Å². The van der Waals surface area contributed by atoms with Gasteiger partial charge in [0, 0.05) is 15.5 Å². The van der Waals surface area contributed by atoms with E-state index in [1.54, 1.807) is 18.2 Å². The lowest BCUT2D eigenvalue weighted by molar-refractivity contribution is 0.104. The van der Waals surface area contributed by atoms with Crippen molar-refractivity contribution in [3.8, 4) is 5.75 Å². The van der Waals surface area contributed by atoms with Crippen molar-refractivity contribution in [3.05, 3.63) is 50.4 Å². The molecule has 0 spiro atoms. The van der Waals surface area contributed by atoms with Gasteiger partial charge in [0.1, 0.15) is 10.8 Å². The van der Waals surface area contributed by atoms with Crippen LogP contribution in [0.15, 0.2) is 34.1 Å². The van der Waals surface area contributed by atoms with E-state index in [2.05, 4.69) is 20.9 Å². The Balaban J connectivity index is 2.22. The molecule has 1 aromatic heterocycles. The molecule has 1 N–H and O–H groups in total. The molecule has 0 unspecified atom stereocenters. The summed E-state index contributed by atoms with van der Waals surface area (Å²) < 4.78 is 0.752. The fourth-order valence-electron chi connectivity index (χ4n) is 1.39. The molecule has 0 bridgehead atoms. The minimum atomic E-state index is -0.248. The maximum atomic E-state index is 11.9. The maximum absolute atomic E-state index is 11.9. The predicted octanol–water partition coefficient (Wildman–Crippen LogP) is 3.82. The van der Waals surface area contributed by atoms with Gasteiger partial charge in [0.05, 0.1) is 5.56 Å². The van der Waals surface area contributed by atoms with Crippen LogP contribution < -0.4 is 0 Å². The van der Waals surface area contributed by atoms with Crippen molar-refractivity contribution in [2.24, 2.45) is 0 Å². The summed E-state index contributed by atoms with van der Waals surface area (Å²) in [4.78, 5) is 16.1. The molecule has 0 saturated heterocycles. The highest BCUT2D eigenvalue weighted by atomic mass is 79.9. The van der Waals surface area contributed by atoms with Crippen LogP contribution in [0.3, 0.4) is 0 Å². The van der Waals surface area contributed by atoms with Gasteiger partial charge in [0.15, 0.2) is 5.78 Å². The Kier molecular flexibility index (Phi) is 3.93. The van der Waals surface area contributed by atoms with Gasteiger partial charge in [-0.15, -0.1) is 11.3 Å². The number of aryl methyl sites for hydroxylation is 1. The number of phenolic OH excluding ortho intramolecular Hbond substituents is 1. The molecule has 92 valence electrons. The second-order valence-electron chi connectivity index (χ2n) is 3.69. The van der Waals surface area contributed by atoms with E-state index < -0.39 is 0 Å². The van der Waals surface area contributed by atoms with Crippen molar-refractivity contribution in [1.82, 2.24) is 4.98 Å². The number of benzene rings is 1. The number of hydrogen-bond acceptors (Lipinski definition) is 4. The molecule has 0 amide bonds. The molecule has 3 nitrogen and oxygen atoms in total. The zero-order valence-electron chi connectivity index (χ0n) is 9.55. The maximum Gasteiger partial charge on any atom is 0.189 e. The predicted molar refractivity (Wildman–Crippen MR) is 76.0 cm³/mol. The molecule has 18 heavy (non-hydrogen) atoms. The van der Waals surface area contributed by atoms with E-state index >= 15 is 0 Å². The SMILES string of the molecule is Cc1csc(C=CC(=O)c2cc(Br)ccc2O)n1. The van der Waals surface area contributed by atoms with Crippen molar-refractivity contribution in [2.45, 2.75) is 6.92 Å². The molecule has 2 aromatic rings. The largest absolute Gasteiger partial charge is 0.507 e. The number of rotatable bonds is 3. The molecule has 2 rings (SSSR count). The number of aromatic hydroxyl groups is 1. The zero-order valence-corrected chi connectivity index (χ0v) is 12.0. The first kappa shape index (κ1) is 13.0. The monoisotopic (exact) mass is 323 g/mol. The molecule has 0 atom stereocenters. The van der Waals surface area contributed by atoms with Gasteiger partial charge in [-0.05, 0) is 37.3 Å². The Labute approximate surface area is 117 Å². The smallest absolute Gasteiger partial charge is 0.189 e. The number of carbonyl (C=O) groups excluding carboxylic acids is 1. The van der Waals surface area contributed by atoms with Gasteiger partial charge in [-0.1, -0.05) is 15.9 Å². The summed E-state index contributed by atoms with van der Waals surface area (Å²) >= 11 is 4.74. The number of hydrogen-bond donors (Lipinski definition) is 1. The van der Waals surface area contributed by atoms with Gasteiger partial charge in [-0.25, -0.2) is 4.98 Å². The highest BCUT2D eigenvalue weighted by molar-refractivity contribution is 9.10. The molecule has 0 aliphatic heterocycles. The molecule has 5 heteroatoms. The normalized spacial score (nSPS) is 11.0. The minimum absolute atomic E-state index is 0.0248. The van der Waals surface area contributed by atoms with Crippen LogP contribution in [0, 0.1) is 6.92 Å². The summed E-state index contributed by atoms with van der Waals surface area (Å²) in [5, 5.41) is 12.3. The Bertz CT molecular complexity index is 619. The molecule has 1 aromatic carbocycles. The second kappa shape index (κ2) is 5.46. The number of phenols is 1. The highest BCUT2D eigenvalue weighted by Crippen LogP contribution is 2.23. The first-order valence-corrected chi connectivity index (χ1v) is 6.86. The first-order chi connectivity index (χ1) is 8.56. The van der Waals surface area contributed by atoms with Crippen LogP contribution in [0.25, 0.3) is 6.08 Å². The lowest BCUT2D eigenvalue weighted by Gasteiger charge is -2.00. The van der Waals surface area contributed by atoms with Gasteiger partial charge in [-0.2, -0.15) is 0 Å². The van der Waals surface area contributed by atoms with Gasteiger partial charge in [0.2, 0.25) is 0 Å². The van der Waals surface area contributed by atoms with Crippen molar-refractivity contribution in [3.63, 3.8) is 0 Å². The van der Waals surface area contributed by atoms with Crippen molar-refractivity contribution in [2.75, 3.05) is 0 Å². The lowest BCUT2D eigenvalue weighted by atomic mass is 10.1. The Morgan fingerprint density at radius 3 is 2.94 bits per heavy atom. The summed E-state index contributed by atoms with van der Waals surface area (Å²) in [5.41, 5.74) is 1.20. The molecule has 0 aliphatic carbocycles. The number of ketones is 1. The third-order valence-corrected chi connectivity index (χ3v) is 3.66. The molecule has 0 radical (unpaired) electrons. The second-order valence-corrected chi connectivity index (χ2v) is 5.49. The zero-order chi connectivity index (χ0) is 13.1. The summed E-state index contributed by atoms with van der Waals surface area (Å²) in [6, 6.07) is 4.76. The average Bonchev–Trinajstić information content (AvgIpc) is 2.75. The van der Waals surface area contributed by atoms with Crippen LogP contribution in [0.2, 0.25) is 0 Å². The number of allylic oxidation sites excluding steroid dienone is 1. The van der Waals surface area contributed by atoms with Crippen LogP contribution in [0.1, 0.15) is 21.1 Å². The fraction of sp³-hybridized carbons (Fsp3) is 0.0769. The van der Waals surface area contributed by atoms with Crippen LogP contribution in [-0.4, -0.2) is 15.9 Å². The van der Waals surface area contributed by atoms with Gasteiger partial charge >= 0.3 is 0 Å². The average molecular weight is 324 g/mol. The van der Waals surface area contributed by atoms with E-state index in [-0.39, 0.29) is 17.1 Å². The number of halogens is 1. The van der Waals surface area contributed by atoms with E-state index in [1.807, 2.05) is 12.3 Å². The topological polar surface area (TPSA) is 50.2 Å². The summed E-state index contributed by atoms with van der Waals surface area (Å²) in [5.74, 6) is -0.273. The minimum Gasteiger partial charge on any atom is -0.507 e. The van der Waals surface area contributed by atoms with Crippen LogP contribution in [-0.2, 0) is 0 Å². The standard InChI is InChI=1S/C13H10BrNO2S/c1-8-7-18-13(15-8)5-4-12(17)10-6-9(14)2-3-11(10)16/h2-7,16H,1H3. The Morgan fingerprint density at radius 1 is 1.50 bits per heavy atom. The molecule has 0 saturated carbocycles. The third kappa shape index (κ3) is 3.05. The van der Waals surface area contributed by atoms with E-state index in [0.29, 0.717) is 0 Å². The summed E-state index contributed by atoms with van der Waals surface area (Å²) in [6.45, 7) is 1.90. The van der Waals surface area contributed by atoms with Gasteiger partial charge < -0.3 is 5.11 Å². The molecule has 0 aliphatic rings. The van der Waals surface area contributed by atoms with E-state index in [4.69, 9.17) is 0 Å². The fourth-order valence-corrected chi connectivity index (χ4v) is 2.44. The third-order valence-electron chi connectivity index (χ3n) is 2.24. The first-order valence-electron chi connectivity index (χ1n) is 5.19. The van der Waals surface area contributed by atoms with Crippen LogP contribution in [0.5, 0.6) is 5.75 Å². The number of aromatic nitrogens is 1. The van der Waals surface area contributed by atoms with Crippen molar-refractivity contribution in [1.29, 1.82) is 0 Å². The van der Waals surface area contributed by atoms with E-state index in [9.17, 15) is 9.90 Å². The van der Waals surface area contributed by atoms with Gasteiger partial charge in [-0.3, -0.25) is 4.79 Å². The Hall–Kier alpha value is -1.46. The van der Waals surface area contributed by atoms with E-state index in [1.165, 1.54) is 23.5 Å². The number of thiazole rings is 1. The quantitative estimate of drug-likeness (QED) is 0.690. The summed E-state index contributed by atoms with van der Waals surface area (Å²) in [6.07, 6.45) is 3.07. The van der Waals surface area contributed by atoms with Crippen LogP contribution >= 0.6 is 27.3 Å². The number of nitrogens with zero attached hydrogens (tertiary/aromatic N) is 1. The highest BCUT2D eigenvalue weighted by Gasteiger charge is 2.08. The Morgan fingerprint density at radius 2 is 2.28 bits per heavy atom. The van der Waals surface area contributed by atoms with Crippen LogP contribution in [0.4, 0.5) is 0 Å². The molecular formula is C13H10BrNO2S. The van der Waals surface area contributed by atoms with E-state index in [0.717, 1.165) is 15.2 Å². The van der Waals surface area contributed by atoms with Crippen molar-refractivity contribution < 1.29 is 9.90 Å². The molecule has 0 fully saturated rings.